The van der Waals surface area contributed by atoms with Gasteiger partial charge in [0, 0.05) is 45.6 Å². The van der Waals surface area contributed by atoms with E-state index in [0.29, 0.717) is 42.1 Å². The van der Waals surface area contributed by atoms with Gasteiger partial charge in [0.15, 0.2) is 5.96 Å². The third-order valence-corrected chi connectivity index (χ3v) is 6.40. The monoisotopic (exact) mass is 438 g/mol. The van der Waals surface area contributed by atoms with E-state index in [1.165, 1.54) is 0 Å². The number of halogens is 3. The first kappa shape index (κ1) is 23.5. The van der Waals surface area contributed by atoms with E-state index in [4.69, 9.17) is 0 Å². The van der Waals surface area contributed by atoms with E-state index in [0.717, 1.165) is 12.4 Å². The maximum Gasteiger partial charge on any atom is 0.511 e. The minimum Gasteiger partial charge on any atom is -0.356 e. The van der Waals surface area contributed by atoms with Crippen LogP contribution in [0.3, 0.4) is 0 Å². The Kier molecular flexibility index (Phi) is 7.92. The van der Waals surface area contributed by atoms with Crippen LogP contribution in [-0.2, 0) is 23.1 Å². The fourth-order valence-corrected chi connectivity index (χ4v) is 4.18. The summed E-state index contributed by atoms with van der Waals surface area (Å²) in [4.78, 5) is 8.49. The predicted molar refractivity (Wildman–Crippen MR) is 105 cm³/mol. The van der Waals surface area contributed by atoms with Crippen LogP contribution in [-0.4, -0.2) is 60.4 Å². The van der Waals surface area contributed by atoms with E-state index >= 15 is 0 Å². The Labute approximate surface area is 169 Å². The summed E-state index contributed by atoms with van der Waals surface area (Å²) in [6, 6.07) is 0. The number of guanidine groups is 1. The normalized spacial score (nSPS) is 17.7. The van der Waals surface area contributed by atoms with Gasteiger partial charge in [-0.2, -0.15) is 17.5 Å². The molecule has 1 saturated heterocycles. The molecule has 1 aliphatic rings. The van der Waals surface area contributed by atoms with Crippen molar-refractivity contribution in [3.05, 3.63) is 18.2 Å². The van der Waals surface area contributed by atoms with Crippen LogP contribution >= 0.6 is 0 Å². The van der Waals surface area contributed by atoms with Crippen LogP contribution in [0.4, 0.5) is 13.2 Å². The van der Waals surface area contributed by atoms with E-state index in [1.54, 1.807) is 13.2 Å². The molecule has 2 heterocycles. The fourth-order valence-electron chi connectivity index (χ4n) is 3.19. The lowest BCUT2D eigenvalue weighted by Crippen LogP contribution is -2.47. The summed E-state index contributed by atoms with van der Waals surface area (Å²) in [6.45, 7) is 5.84. The standard InChI is InChI=1S/C17H29F3N6O2S/c1-13(2)12-25-9-6-22-15(25)11-24-16(21-3)23-10-14-4-7-26(8-5-14)29(27,28)17(18,19)20/h6,9,13-14H,4-5,7-8,10-12H2,1-3H3,(H2,21,23,24). The van der Waals surface area contributed by atoms with Crippen molar-refractivity contribution in [3.8, 4) is 0 Å². The molecule has 0 saturated carbocycles. The summed E-state index contributed by atoms with van der Waals surface area (Å²) < 4.78 is 63.4. The zero-order chi connectivity index (χ0) is 21.7. The van der Waals surface area contributed by atoms with Crippen LogP contribution in [0.25, 0.3) is 0 Å². The Morgan fingerprint density at radius 2 is 1.97 bits per heavy atom. The van der Waals surface area contributed by atoms with Gasteiger partial charge in [-0.25, -0.2) is 13.4 Å². The first-order valence-corrected chi connectivity index (χ1v) is 11.0. The first-order chi connectivity index (χ1) is 13.5. The summed E-state index contributed by atoms with van der Waals surface area (Å²) in [7, 11) is -3.60. The minimum absolute atomic E-state index is 0.0659. The highest BCUT2D eigenvalue weighted by atomic mass is 32.2. The highest BCUT2D eigenvalue weighted by Gasteiger charge is 2.50. The summed E-state index contributed by atoms with van der Waals surface area (Å²) in [5.74, 6) is 2.00. The number of hydrogen-bond acceptors (Lipinski definition) is 4. The van der Waals surface area contributed by atoms with Crippen LogP contribution in [0, 0.1) is 11.8 Å². The maximum absolute atomic E-state index is 12.6. The average molecular weight is 439 g/mol. The van der Waals surface area contributed by atoms with Crippen LogP contribution in [0.15, 0.2) is 17.4 Å². The van der Waals surface area contributed by atoms with E-state index in [9.17, 15) is 21.6 Å². The van der Waals surface area contributed by atoms with Gasteiger partial charge < -0.3 is 15.2 Å². The summed E-state index contributed by atoms with van der Waals surface area (Å²) in [5, 5.41) is 6.34. The van der Waals surface area contributed by atoms with E-state index in [1.807, 2.05) is 6.20 Å². The number of aliphatic imine (C=N–C) groups is 1. The topological polar surface area (TPSA) is 91.6 Å². The van der Waals surface area contributed by atoms with Gasteiger partial charge in [-0.15, -0.1) is 0 Å². The second kappa shape index (κ2) is 9.79. The van der Waals surface area contributed by atoms with Gasteiger partial charge in [-0.1, -0.05) is 13.8 Å². The smallest absolute Gasteiger partial charge is 0.356 e. The number of nitrogens with one attached hydrogen (secondary N) is 2. The van der Waals surface area contributed by atoms with Crippen LogP contribution in [0.2, 0.25) is 0 Å². The highest BCUT2D eigenvalue weighted by Crippen LogP contribution is 2.30. The first-order valence-electron chi connectivity index (χ1n) is 9.55. The molecule has 0 aliphatic carbocycles. The molecule has 1 aliphatic heterocycles. The zero-order valence-corrected chi connectivity index (χ0v) is 17.7. The lowest BCUT2D eigenvalue weighted by Gasteiger charge is -2.31. The number of alkyl halides is 3. The molecule has 12 heteroatoms. The van der Waals surface area contributed by atoms with Crippen molar-refractivity contribution in [2.24, 2.45) is 16.8 Å². The van der Waals surface area contributed by atoms with Gasteiger partial charge in [0.05, 0.1) is 6.54 Å². The Morgan fingerprint density at radius 3 is 2.52 bits per heavy atom. The van der Waals surface area contributed by atoms with Crippen molar-refractivity contribution >= 4 is 16.0 Å². The molecule has 29 heavy (non-hydrogen) atoms. The molecule has 0 amide bonds. The van der Waals surface area contributed by atoms with Crippen molar-refractivity contribution in [1.82, 2.24) is 24.5 Å². The second-order valence-corrected chi connectivity index (χ2v) is 9.42. The molecule has 0 bridgehead atoms. The van der Waals surface area contributed by atoms with E-state index in [2.05, 4.69) is 39.0 Å². The van der Waals surface area contributed by atoms with Gasteiger partial charge in [-0.05, 0) is 24.7 Å². The van der Waals surface area contributed by atoms with Crippen LogP contribution in [0.5, 0.6) is 0 Å². The van der Waals surface area contributed by atoms with Crippen molar-refractivity contribution in [3.63, 3.8) is 0 Å². The fraction of sp³-hybridized carbons (Fsp3) is 0.765. The minimum atomic E-state index is -5.24. The van der Waals surface area contributed by atoms with Gasteiger partial charge in [0.1, 0.15) is 5.82 Å². The van der Waals surface area contributed by atoms with E-state index in [-0.39, 0.29) is 19.0 Å². The SMILES string of the molecule is CN=C(NCc1nccn1CC(C)C)NCC1CCN(S(=O)(=O)C(F)(F)F)CC1. The van der Waals surface area contributed by atoms with Gasteiger partial charge in [-0.3, -0.25) is 4.99 Å². The average Bonchev–Trinajstić information content (AvgIpc) is 3.07. The molecule has 166 valence electrons. The highest BCUT2D eigenvalue weighted by molar-refractivity contribution is 7.90. The molecule has 2 rings (SSSR count). The molecule has 0 spiro atoms. The molecular weight excluding hydrogens is 409 g/mol. The van der Waals surface area contributed by atoms with Crippen LogP contribution in [0.1, 0.15) is 32.5 Å². The number of hydrogen-bond donors (Lipinski definition) is 2. The van der Waals surface area contributed by atoms with Crippen molar-refractivity contribution < 1.29 is 21.6 Å². The lowest BCUT2D eigenvalue weighted by molar-refractivity contribution is -0.0496. The Morgan fingerprint density at radius 1 is 1.31 bits per heavy atom. The molecule has 0 aromatic carbocycles. The maximum atomic E-state index is 12.6. The largest absolute Gasteiger partial charge is 0.511 e. The number of nitrogens with zero attached hydrogens (tertiary/aromatic N) is 4. The molecule has 2 N–H and O–H groups in total. The molecule has 8 nitrogen and oxygen atoms in total. The van der Waals surface area contributed by atoms with Crippen molar-refractivity contribution in [2.45, 2.75) is 45.3 Å². The molecule has 0 unspecified atom stereocenters. The molecule has 1 aromatic rings. The van der Waals surface area contributed by atoms with Crippen molar-refractivity contribution in [2.75, 3.05) is 26.7 Å². The van der Waals surface area contributed by atoms with Gasteiger partial charge in [0.2, 0.25) is 0 Å². The predicted octanol–water partition coefficient (Wildman–Crippen LogP) is 1.77. The summed E-state index contributed by atoms with van der Waals surface area (Å²) >= 11 is 0. The molecule has 1 fully saturated rings. The Bertz CT molecular complexity index is 783. The zero-order valence-electron chi connectivity index (χ0n) is 16.9. The summed E-state index contributed by atoms with van der Waals surface area (Å²) in [5.41, 5.74) is -5.24. The quantitative estimate of drug-likeness (QED) is 0.500. The molecule has 1 aromatic heterocycles. The number of rotatable bonds is 7. The van der Waals surface area contributed by atoms with E-state index < -0.39 is 15.5 Å². The molecular formula is C17H29F3N6O2S. The number of sulfonamides is 1. The summed E-state index contributed by atoms with van der Waals surface area (Å²) in [6.07, 6.45) is 4.39. The lowest BCUT2D eigenvalue weighted by atomic mass is 9.98. The Balaban J connectivity index is 1.79. The Hall–Kier alpha value is -1.82. The third kappa shape index (κ3) is 6.33. The van der Waals surface area contributed by atoms with Gasteiger partial charge >= 0.3 is 15.5 Å². The van der Waals surface area contributed by atoms with Crippen LogP contribution < -0.4 is 10.6 Å². The number of aromatic nitrogens is 2. The number of imidazole rings is 1. The molecule has 0 atom stereocenters. The molecule has 0 radical (unpaired) electrons. The second-order valence-electron chi connectivity index (χ2n) is 7.49. The number of piperidine rings is 1. The van der Waals surface area contributed by atoms with Crippen molar-refractivity contribution in [1.29, 1.82) is 0 Å². The van der Waals surface area contributed by atoms with Gasteiger partial charge in [0.25, 0.3) is 0 Å². The third-order valence-electron chi connectivity index (χ3n) is 4.77.